The number of hydrogen-bond donors (Lipinski definition) is 3. The molecule has 1 amide bonds. The molecule has 6 heteroatoms. The lowest BCUT2D eigenvalue weighted by atomic mass is 9.86. The highest BCUT2D eigenvalue weighted by atomic mass is 19.3. The normalized spacial score (nSPS) is 17.0. The number of aromatic hydroxyl groups is 1. The van der Waals surface area contributed by atoms with E-state index in [4.69, 9.17) is 5.11 Å². The van der Waals surface area contributed by atoms with E-state index in [0.29, 0.717) is 37.8 Å². The van der Waals surface area contributed by atoms with Gasteiger partial charge < -0.3 is 15.5 Å². The molecule has 1 aliphatic carbocycles. The van der Waals surface area contributed by atoms with Gasteiger partial charge in [0, 0.05) is 26.0 Å². The molecule has 154 valence electrons. The van der Waals surface area contributed by atoms with Gasteiger partial charge in [0.05, 0.1) is 5.56 Å². The van der Waals surface area contributed by atoms with Gasteiger partial charge >= 0.3 is 0 Å². The maximum atomic E-state index is 13.3. The summed E-state index contributed by atoms with van der Waals surface area (Å²) in [6, 6.07) is 3.20. The summed E-state index contributed by atoms with van der Waals surface area (Å²) >= 11 is 0. The number of nitrogens with one attached hydrogen (secondary N) is 1. The van der Waals surface area contributed by atoms with Gasteiger partial charge in [0.25, 0.3) is 5.91 Å². The van der Waals surface area contributed by atoms with Crippen LogP contribution in [0, 0.1) is 12.8 Å². The number of phenols is 1. The SMILES string of the molecule is C=C(/C=C\c1c(C)ccc(O)c1C(=O)NCC1CCC(F)(F)CC1)CCCO. The van der Waals surface area contributed by atoms with Gasteiger partial charge in [-0.15, -0.1) is 0 Å². The van der Waals surface area contributed by atoms with Crippen molar-refractivity contribution in [1.82, 2.24) is 5.32 Å². The van der Waals surface area contributed by atoms with Crippen LogP contribution in [0.1, 0.15) is 60.0 Å². The van der Waals surface area contributed by atoms with E-state index in [2.05, 4.69) is 11.9 Å². The first-order valence-electron chi connectivity index (χ1n) is 9.69. The van der Waals surface area contributed by atoms with E-state index in [1.807, 2.05) is 6.92 Å². The second-order valence-corrected chi connectivity index (χ2v) is 7.52. The highest BCUT2D eigenvalue weighted by Gasteiger charge is 2.34. The molecule has 0 saturated heterocycles. The second kappa shape index (κ2) is 9.82. The van der Waals surface area contributed by atoms with Crippen LogP contribution in [0.2, 0.25) is 0 Å². The average Bonchev–Trinajstić information content (AvgIpc) is 2.65. The molecule has 0 atom stereocenters. The molecule has 1 aromatic carbocycles. The molecule has 2 rings (SSSR count). The van der Waals surface area contributed by atoms with Gasteiger partial charge in [-0.1, -0.05) is 30.4 Å². The average molecular weight is 393 g/mol. The maximum absolute atomic E-state index is 13.3. The number of aliphatic hydroxyl groups is 1. The highest BCUT2D eigenvalue weighted by Crippen LogP contribution is 2.36. The third-order valence-electron chi connectivity index (χ3n) is 5.20. The van der Waals surface area contributed by atoms with Crippen LogP contribution >= 0.6 is 0 Å². The zero-order valence-electron chi connectivity index (χ0n) is 16.3. The van der Waals surface area contributed by atoms with Crippen LogP contribution in [0.3, 0.4) is 0 Å². The van der Waals surface area contributed by atoms with Crippen LogP contribution in [0.15, 0.2) is 30.4 Å². The van der Waals surface area contributed by atoms with Crippen molar-refractivity contribution in [1.29, 1.82) is 0 Å². The van der Waals surface area contributed by atoms with Gasteiger partial charge in [-0.25, -0.2) is 8.78 Å². The zero-order chi connectivity index (χ0) is 20.7. The van der Waals surface area contributed by atoms with Gasteiger partial charge in [-0.05, 0) is 55.7 Å². The molecule has 1 aromatic rings. The first kappa shape index (κ1) is 22.1. The van der Waals surface area contributed by atoms with E-state index in [1.165, 1.54) is 6.07 Å². The van der Waals surface area contributed by atoms with Crippen molar-refractivity contribution >= 4 is 12.0 Å². The number of amides is 1. The summed E-state index contributed by atoms with van der Waals surface area (Å²) in [6.07, 6.45) is 5.23. The number of halogens is 2. The number of carbonyl (C=O) groups excluding carboxylic acids is 1. The van der Waals surface area contributed by atoms with Gasteiger partial charge in [0.15, 0.2) is 0 Å². The number of rotatable bonds is 8. The molecule has 3 N–H and O–H groups in total. The van der Waals surface area contributed by atoms with E-state index in [1.54, 1.807) is 18.2 Å². The van der Waals surface area contributed by atoms with E-state index in [-0.39, 0.29) is 36.7 Å². The van der Waals surface area contributed by atoms with Crippen LogP contribution in [0.4, 0.5) is 8.78 Å². The minimum Gasteiger partial charge on any atom is -0.507 e. The fraction of sp³-hybridized carbons (Fsp3) is 0.500. The van der Waals surface area contributed by atoms with Gasteiger partial charge in [0.1, 0.15) is 5.75 Å². The molecule has 1 saturated carbocycles. The third kappa shape index (κ3) is 6.16. The number of phenolic OH excluding ortho intramolecular Hbond substituents is 1. The van der Waals surface area contributed by atoms with Gasteiger partial charge in [0.2, 0.25) is 5.92 Å². The summed E-state index contributed by atoms with van der Waals surface area (Å²) in [5, 5.41) is 21.9. The van der Waals surface area contributed by atoms with Crippen molar-refractivity contribution in [3.63, 3.8) is 0 Å². The Kier molecular flexibility index (Phi) is 7.75. The third-order valence-corrected chi connectivity index (χ3v) is 5.20. The fourth-order valence-corrected chi connectivity index (χ4v) is 3.39. The Balaban J connectivity index is 2.09. The number of allylic oxidation sites excluding steroid dienone is 2. The molecule has 0 radical (unpaired) electrons. The molecule has 28 heavy (non-hydrogen) atoms. The van der Waals surface area contributed by atoms with Crippen molar-refractivity contribution < 1.29 is 23.8 Å². The lowest BCUT2D eigenvalue weighted by molar-refractivity contribution is -0.0452. The number of hydrogen-bond acceptors (Lipinski definition) is 3. The Morgan fingerprint density at radius 3 is 2.68 bits per heavy atom. The number of benzene rings is 1. The number of carbonyl (C=O) groups is 1. The van der Waals surface area contributed by atoms with Crippen molar-refractivity contribution in [2.24, 2.45) is 5.92 Å². The monoisotopic (exact) mass is 393 g/mol. The molecular formula is C22H29F2NO3. The molecule has 1 fully saturated rings. The Morgan fingerprint density at radius 1 is 1.36 bits per heavy atom. The molecule has 4 nitrogen and oxygen atoms in total. The minimum atomic E-state index is -2.59. The number of aryl methyl sites for hydroxylation is 1. The standard InChI is InChI=1S/C22H29F2NO3/c1-15(4-3-13-26)5-7-18-16(2)6-8-19(27)20(18)21(28)25-14-17-9-11-22(23,24)12-10-17/h5-8,17,26-27H,1,3-4,9-14H2,2H3,(H,25,28)/b7-5-. The van der Waals surface area contributed by atoms with Crippen LogP contribution in [-0.4, -0.2) is 35.2 Å². The van der Waals surface area contributed by atoms with Crippen LogP contribution in [0.25, 0.3) is 6.08 Å². The first-order valence-corrected chi connectivity index (χ1v) is 9.69. The summed E-state index contributed by atoms with van der Waals surface area (Å²) in [4.78, 5) is 12.7. The maximum Gasteiger partial charge on any atom is 0.255 e. The van der Waals surface area contributed by atoms with Gasteiger partial charge in [-0.3, -0.25) is 4.79 Å². The summed E-state index contributed by atoms with van der Waals surface area (Å²) in [5.41, 5.74) is 2.41. The van der Waals surface area contributed by atoms with Crippen LogP contribution < -0.4 is 5.32 Å². The minimum absolute atomic E-state index is 0.0211. The Morgan fingerprint density at radius 2 is 2.04 bits per heavy atom. The summed E-state index contributed by atoms with van der Waals surface area (Å²) < 4.78 is 26.5. The van der Waals surface area contributed by atoms with Gasteiger partial charge in [-0.2, -0.15) is 0 Å². The second-order valence-electron chi connectivity index (χ2n) is 7.52. The van der Waals surface area contributed by atoms with E-state index in [0.717, 1.165) is 11.1 Å². The quantitative estimate of drug-likeness (QED) is 0.566. The molecular weight excluding hydrogens is 364 g/mol. The van der Waals surface area contributed by atoms with Crippen molar-refractivity contribution in [3.05, 3.63) is 47.1 Å². The van der Waals surface area contributed by atoms with Crippen LogP contribution in [-0.2, 0) is 0 Å². The largest absolute Gasteiger partial charge is 0.507 e. The van der Waals surface area contributed by atoms with E-state index < -0.39 is 11.8 Å². The summed E-state index contributed by atoms with van der Waals surface area (Å²) in [6.45, 7) is 6.16. The zero-order valence-corrected chi connectivity index (χ0v) is 16.3. The highest BCUT2D eigenvalue weighted by molar-refractivity contribution is 6.01. The lowest BCUT2D eigenvalue weighted by Gasteiger charge is -2.28. The molecule has 1 aliphatic rings. The topological polar surface area (TPSA) is 69.6 Å². The van der Waals surface area contributed by atoms with Crippen LogP contribution in [0.5, 0.6) is 5.75 Å². The Bertz CT molecular complexity index is 734. The Labute approximate surface area is 165 Å². The predicted molar refractivity (Wildman–Crippen MR) is 107 cm³/mol. The molecule has 0 heterocycles. The molecule has 0 aromatic heterocycles. The number of aliphatic hydroxyl groups excluding tert-OH is 1. The smallest absolute Gasteiger partial charge is 0.255 e. The first-order chi connectivity index (χ1) is 13.2. The number of alkyl halides is 2. The summed E-state index contributed by atoms with van der Waals surface area (Å²) in [7, 11) is 0. The van der Waals surface area contributed by atoms with E-state index in [9.17, 15) is 18.7 Å². The van der Waals surface area contributed by atoms with Crippen molar-refractivity contribution in [3.8, 4) is 5.75 Å². The predicted octanol–water partition coefficient (Wildman–Crippen LogP) is 4.60. The fourth-order valence-electron chi connectivity index (χ4n) is 3.39. The molecule has 0 unspecified atom stereocenters. The van der Waals surface area contributed by atoms with Crippen molar-refractivity contribution in [2.75, 3.05) is 13.2 Å². The van der Waals surface area contributed by atoms with E-state index >= 15 is 0 Å². The summed E-state index contributed by atoms with van der Waals surface area (Å²) in [5.74, 6) is -3.11. The molecule has 0 bridgehead atoms. The molecule has 0 spiro atoms. The molecule has 0 aliphatic heterocycles. The lowest BCUT2D eigenvalue weighted by Crippen LogP contribution is -2.34. The van der Waals surface area contributed by atoms with Crippen molar-refractivity contribution in [2.45, 2.75) is 51.4 Å². The Hall–Kier alpha value is -2.21.